The lowest BCUT2D eigenvalue weighted by Crippen LogP contribution is -2.33. The highest BCUT2D eigenvalue weighted by atomic mass is 32.2. The van der Waals surface area contributed by atoms with Gasteiger partial charge in [-0.2, -0.15) is 4.31 Å². The van der Waals surface area contributed by atoms with Crippen LogP contribution in [0.2, 0.25) is 0 Å². The molecule has 20 heavy (non-hydrogen) atoms. The summed E-state index contributed by atoms with van der Waals surface area (Å²) in [6, 6.07) is 5.99. The van der Waals surface area contributed by atoms with Gasteiger partial charge in [0.1, 0.15) is 0 Å². The average Bonchev–Trinajstić information content (AvgIpc) is 3.24. The fourth-order valence-corrected chi connectivity index (χ4v) is 4.60. The molecule has 0 saturated heterocycles. The van der Waals surface area contributed by atoms with Crippen molar-refractivity contribution >= 4 is 10.0 Å². The third-order valence-electron chi connectivity index (χ3n) is 3.75. The van der Waals surface area contributed by atoms with Gasteiger partial charge in [-0.25, -0.2) is 8.42 Å². The van der Waals surface area contributed by atoms with Crippen LogP contribution in [0, 0.1) is 0 Å². The minimum absolute atomic E-state index is 0.211. The van der Waals surface area contributed by atoms with Gasteiger partial charge in [-0.15, -0.1) is 0 Å². The minimum atomic E-state index is -3.37. The Morgan fingerprint density at radius 1 is 1.30 bits per heavy atom. The van der Waals surface area contributed by atoms with Crippen LogP contribution in [-0.4, -0.2) is 32.4 Å². The highest BCUT2D eigenvalue weighted by Gasteiger charge is 2.37. The van der Waals surface area contributed by atoms with Gasteiger partial charge >= 0.3 is 0 Å². The Balaban J connectivity index is 2.44. The molecule has 1 saturated carbocycles. The third kappa shape index (κ3) is 3.05. The molecular weight excluding hydrogens is 272 g/mol. The molecule has 0 aromatic heterocycles. The van der Waals surface area contributed by atoms with Crippen molar-refractivity contribution in [1.29, 1.82) is 0 Å². The normalized spacial score (nSPS) is 15.8. The zero-order valence-corrected chi connectivity index (χ0v) is 13.3. The van der Waals surface area contributed by atoms with Crippen molar-refractivity contribution in [2.24, 2.45) is 0 Å². The van der Waals surface area contributed by atoms with E-state index >= 15 is 0 Å². The first-order valence-electron chi connectivity index (χ1n) is 7.32. The Morgan fingerprint density at radius 2 is 2.00 bits per heavy atom. The van der Waals surface area contributed by atoms with Gasteiger partial charge in [-0.05, 0) is 43.5 Å². The molecule has 112 valence electrons. The second-order valence-corrected chi connectivity index (χ2v) is 7.12. The van der Waals surface area contributed by atoms with Gasteiger partial charge in [0.05, 0.1) is 4.90 Å². The Morgan fingerprint density at radius 3 is 2.50 bits per heavy atom. The Labute approximate surface area is 122 Å². The van der Waals surface area contributed by atoms with E-state index in [0.29, 0.717) is 18.0 Å². The summed E-state index contributed by atoms with van der Waals surface area (Å²) in [6.45, 7) is 5.15. The van der Waals surface area contributed by atoms with Crippen LogP contribution in [0.3, 0.4) is 0 Å². The van der Waals surface area contributed by atoms with Crippen molar-refractivity contribution in [1.82, 2.24) is 9.62 Å². The van der Waals surface area contributed by atoms with Gasteiger partial charge in [-0.3, -0.25) is 0 Å². The average molecular weight is 296 g/mol. The van der Waals surface area contributed by atoms with Crippen LogP contribution < -0.4 is 5.32 Å². The van der Waals surface area contributed by atoms with Crippen molar-refractivity contribution in [3.8, 4) is 0 Å². The molecule has 1 fully saturated rings. The molecule has 0 spiro atoms. The topological polar surface area (TPSA) is 49.4 Å². The maximum Gasteiger partial charge on any atom is 0.243 e. The molecule has 0 amide bonds. The molecule has 0 aliphatic heterocycles. The highest BCUT2D eigenvalue weighted by Crippen LogP contribution is 2.33. The molecule has 0 atom stereocenters. The molecule has 0 radical (unpaired) electrons. The molecule has 1 aliphatic rings. The Hall–Kier alpha value is -0.910. The number of aryl methyl sites for hydroxylation is 1. The van der Waals surface area contributed by atoms with Crippen LogP contribution in [0.15, 0.2) is 23.1 Å². The smallest absolute Gasteiger partial charge is 0.243 e. The number of hydrogen-bond donors (Lipinski definition) is 1. The molecular formula is C15H24N2O2S. The second kappa shape index (κ2) is 6.24. The van der Waals surface area contributed by atoms with Crippen LogP contribution in [0.5, 0.6) is 0 Å². The van der Waals surface area contributed by atoms with Crippen LogP contribution in [0.4, 0.5) is 0 Å². The van der Waals surface area contributed by atoms with E-state index in [1.807, 2.05) is 39.1 Å². The first-order chi connectivity index (χ1) is 9.54. The summed E-state index contributed by atoms with van der Waals surface area (Å²) in [4.78, 5) is 0.488. The Kier molecular flexibility index (Phi) is 4.83. The number of benzene rings is 1. The minimum Gasteiger partial charge on any atom is -0.316 e. The van der Waals surface area contributed by atoms with Crippen molar-refractivity contribution in [3.05, 3.63) is 29.3 Å². The van der Waals surface area contributed by atoms with Gasteiger partial charge in [0.25, 0.3) is 0 Å². The summed E-state index contributed by atoms with van der Waals surface area (Å²) >= 11 is 0. The van der Waals surface area contributed by atoms with Gasteiger partial charge in [-0.1, -0.05) is 26.0 Å². The molecule has 1 aromatic carbocycles. The molecule has 4 nitrogen and oxygen atoms in total. The SMILES string of the molecule is CCc1ccc(CNC)cc1S(=O)(=O)N(CC)C1CC1. The molecule has 1 aromatic rings. The summed E-state index contributed by atoms with van der Waals surface area (Å²) < 4.78 is 27.4. The van der Waals surface area contributed by atoms with Crippen molar-refractivity contribution in [2.75, 3.05) is 13.6 Å². The summed E-state index contributed by atoms with van der Waals surface area (Å²) in [5, 5.41) is 3.07. The van der Waals surface area contributed by atoms with E-state index in [9.17, 15) is 8.42 Å². The first-order valence-corrected chi connectivity index (χ1v) is 8.76. The second-order valence-electron chi connectivity index (χ2n) is 5.27. The molecule has 0 unspecified atom stereocenters. The molecule has 1 N–H and O–H groups in total. The zero-order chi connectivity index (χ0) is 14.8. The van der Waals surface area contributed by atoms with Crippen molar-refractivity contribution in [3.63, 3.8) is 0 Å². The van der Waals surface area contributed by atoms with E-state index in [4.69, 9.17) is 0 Å². The lowest BCUT2D eigenvalue weighted by atomic mass is 10.1. The maximum absolute atomic E-state index is 12.9. The fraction of sp³-hybridized carbons (Fsp3) is 0.600. The van der Waals surface area contributed by atoms with Crippen LogP contribution >= 0.6 is 0 Å². The quantitative estimate of drug-likeness (QED) is 0.838. The molecule has 0 heterocycles. The van der Waals surface area contributed by atoms with Crippen molar-refractivity contribution in [2.45, 2.75) is 50.6 Å². The lowest BCUT2D eigenvalue weighted by Gasteiger charge is -2.22. The number of hydrogen-bond acceptors (Lipinski definition) is 3. The number of rotatable bonds is 7. The van der Waals surface area contributed by atoms with Crippen LogP contribution in [0.25, 0.3) is 0 Å². The fourth-order valence-electron chi connectivity index (χ4n) is 2.56. The lowest BCUT2D eigenvalue weighted by molar-refractivity contribution is 0.420. The van der Waals surface area contributed by atoms with Gasteiger partial charge < -0.3 is 5.32 Å². The van der Waals surface area contributed by atoms with Crippen LogP contribution in [0.1, 0.15) is 37.8 Å². The number of nitrogens with zero attached hydrogens (tertiary/aromatic N) is 1. The standard InChI is InChI=1S/C15H24N2O2S/c1-4-13-7-6-12(11-16-3)10-15(13)20(18,19)17(5-2)14-8-9-14/h6-7,10,14,16H,4-5,8-9,11H2,1-3H3. The van der Waals surface area contributed by atoms with E-state index in [1.165, 1.54) is 0 Å². The number of sulfonamides is 1. The van der Waals surface area contributed by atoms with Gasteiger partial charge in [0.2, 0.25) is 10.0 Å². The van der Waals surface area contributed by atoms with E-state index < -0.39 is 10.0 Å². The Bertz CT molecular complexity index is 565. The molecule has 0 bridgehead atoms. The molecule has 2 rings (SSSR count). The van der Waals surface area contributed by atoms with Gasteiger partial charge in [0, 0.05) is 19.1 Å². The summed E-state index contributed by atoms with van der Waals surface area (Å²) in [5.74, 6) is 0. The predicted octanol–water partition coefficient (Wildman–Crippen LogP) is 2.14. The summed E-state index contributed by atoms with van der Waals surface area (Å²) in [6.07, 6.45) is 2.71. The molecule has 1 aliphatic carbocycles. The monoisotopic (exact) mass is 296 g/mol. The summed E-state index contributed by atoms with van der Waals surface area (Å²) in [7, 11) is -1.50. The molecule has 5 heteroatoms. The highest BCUT2D eigenvalue weighted by molar-refractivity contribution is 7.89. The summed E-state index contributed by atoms with van der Waals surface area (Å²) in [5.41, 5.74) is 1.92. The van der Waals surface area contributed by atoms with E-state index in [1.54, 1.807) is 4.31 Å². The van der Waals surface area contributed by atoms with E-state index in [0.717, 1.165) is 30.4 Å². The maximum atomic E-state index is 12.9. The zero-order valence-electron chi connectivity index (χ0n) is 12.5. The predicted molar refractivity (Wildman–Crippen MR) is 81.2 cm³/mol. The largest absolute Gasteiger partial charge is 0.316 e. The third-order valence-corrected chi connectivity index (χ3v) is 5.86. The first kappa shape index (κ1) is 15.5. The van der Waals surface area contributed by atoms with Gasteiger partial charge in [0.15, 0.2) is 0 Å². The van der Waals surface area contributed by atoms with E-state index in [-0.39, 0.29) is 6.04 Å². The van der Waals surface area contributed by atoms with Crippen LogP contribution in [-0.2, 0) is 23.0 Å². The van der Waals surface area contributed by atoms with E-state index in [2.05, 4.69) is 5.32 Å². The number of nitrogens with one attached hydrogen (secondary N) is 1. The van der Waals surface area contributed by atoms with Crippen molar-refractivity contribution < 1.29 is 8.42 Å².